The SMILES string of the molecule is CCCc1nc2cc(-c3c(C)noc3C)ccn2c1NC12CC3CC(CC(C3)C1)C2. The van der Waals surface area contributed by atoms with Crippen molar-refractivity contribution >= 4 is 11.5 Å². The molecule has 0 radical (unpaired) electrons. The van der Waals surface area contributed by atoms with E-state index in [1.54, 1.807) is 0 Å². The summed E-state index contributed by atoms with van der Waals surface area (Å²) in [6.07, 6.45) is 12.7. The van der Waals surface area contributed by atoms with E-state index in [1.807, 2.05) is 13.8 Å². The van der Waals surface area contributed by atoms with E-state index in [0.29, 0.717) is 0 Å². The first kappa shape index (κ1) is 18.5. The van der Waals surface area contributed by atoms with Gasteiger partial charge in [0.15, 0.2) is 0 Å². The fourth-order valence-electron chi connectivity index (χ4n) is 7.20. The van der Waals surface area contributed by atoms with Crippen LogP contribution in [-0.4, -0.2) is 20.1 Å². The molecule has 3 aromatic heterocycles. The van der Waals surface area contributed by atoms with Gasteiger partial charge >= 0.3 is 0 Å². The highest BCUT2D eigenvalue weighted by Crippen LogP contribution is 2.56. The van der Waals surface area contributed by atoms with Crippen LogP contribution in [0, 0.1) is 31.6 Å². The molecular formula is C25H32N4O. The Morgan fingerprint density at radius 1 is 1.13 bits per heavy atom. The number of aromatic nitrogens is 3. The predicted molar refractivity (Wildman–Crippen MR) is 119 cm³/mol. The van der Waals surface area contributed by atoms with Crippen molar-refractivity contribution in [3.8, 4) is 11.1 Å². The van der Waals surface area contributed by atoms with Crippen molar-refractivity contribution in [2.75, 3.05) is 5.32 Å². The number of nitrogens with zero attached hydrogens (tertiary/aromatic N) is 3. The molecule has 158 valence electrons. The molecule has 4 fully saturated rings. The molecule has 3 heterocycles. The third kappa shape index (κ3) is 2.81. The standard InChI is InChI=1S/C25H32N4O/c1-4-5-21-24(27-25-12-17-8-18(13-25)10-19(9-17)14-25)29-7-6-20(11-22(29)26-21)23-15(2)28-30-16(23)3/h6-7,11,17-19,27H,4-5,8-10,12-14H2,1-3H3. The predicted octanol–water partition coefficient (Wildman–Crippen LogP) is 5.94. The summed E-state index contributed by atoms with van der Waals surface area (Å²) >= 11 is 0. The minimum atomic E-state index is 0.285. The highest BCUT2D eigenvalue weighted by Gasteiger charge is 2.51. The summed E-state index contributed by atoms with van der Waals surface area (Å²) < 4.78 is 7.68. The van der Waals surface area contributed by atoms with Crippen LogP contribution in [0.15, 0.2) is 22.9 Å². The number of nitrogens with one attached hydrogen (secondary N) is 1. The summed E-state index contributed by atoms with van der Waals surface area (Å²) in [6, 6.07) is 4.37. The topological polar surface area (TPSA) is 55.4 Å². The normalized spacial score (nSPS) is 29.8. The monoisotopic (exact) mass is 404 g/mol. The largest absolute Gasteiger partial charge is 0.364 e. The van der Waals surface area contributed by atoms with Gasteiger partial charge in [-0.1, -0.05) is 18.5 Å². The zero-order chi connectivity index (χ0) is 20.5. The highest BCUT2D eigenvalue weighted by atomic mass is 16.5. The maximum atomic E-state index is 5.40. The van der Waals surface area contributed by atoms with E-state index in [1.165, 1.54) is 50.0 Å². The Kier molecular flexibility index (Phi) is 4.06. The summed E-state index contributed by atoms with van der Waals surface area (Å²) in [5.74, 6) is 4.90. The van der Waals surface area contributed by atoms with Crippen LogP contribution in [0.3, 0.4) is 0 Å². The molecule has 5 nitrogen and oxygen atoms in total. The molecular weight excluding hydrogens is 372 g/mol. The van der Waals surface area contributed by atoms with Gasteiger partial charge in [0.1, 0.15) is 17.2 Å². The molecule has 4 bridgehead atoms. The average molecular weight is 405 g/mol. The van der Waals surface area contributed by atoms with Crippen LogP contribution in [-0.2, 0) is 6.42 Å². The molecule has 0 aromatic carbocycles. The maximum absolute atomic E-state index is 5.40. The first-order chi connectivity index (χ1) is 14.5. The molecule has 0 atom stereocenters. The first-order valence-corrected chi connectivity index (χ1v) is 11.8. The molecule has 4 aliphatic rings. The molecule has 0 aliphatic heterocycles. The number of anilines is 1. The van der Waals surface area contributed by atoms with Crippen LogP contribution in [0.2, 0.25) is 0 Å². The Bertz CT molecular complexity index is 1050. The van der Waals surface area contributed by atoms with Crippen molar-refractivity contribution < 1.29 is 4.52 Å². The minimum absolute atomic E-state index is 0.285. The van der Waals surface area contributed by atoms with Gasteiger partial charge in [-0.05, 0) is 94.2 Å². The zero-order valence-electron chi connectivity index (χ0n) is 18.4. The summed E-state index contributed by atoms with van der Waals surface area (Å²) in [4.78, 5) is 5.08. The molecule has 4 saturated carbocycles. The Labute approximate surface area is 178 Å². The van der Waals surface area contributed by atoms with Crippen LogP contribution in [0.1, 0.15) is 69.0 Å². The molecule has 30 heavy (non-hydrogen) atoms. The van der Waals surface area contributed by atoms with Gasteiger partial charge in [0, 0.05) is 17.3 Å². The lowest BCUT2D eigenvalue weighted by molar-refractivity contribution is 0.0105. The second-order valence-corrected chi connectivity index (χ2v) is 10.3. The van der Waals surface area contributed by atoms with E-state index < -0.39 is 0 Å². The maximum Gasteiger partial charge on any atom is 0.141 e. The van der Waals surface area contributed by atoms with Crippen LogP contribution < -0.4 is 5.32 Å². The third-order valence-electron chi connectivity index (χ3n) is 7.93. The number of pyridine rings is 1. The summed E-state index contributed by atoms with van der Waals surface area (Å²) in [5.41, 5.74) is 5.67. The van der Waals surface area contributed by atoms with Gasteiger partial charge in [0.2, 0.25) is 0 Å². The number of fused-ring (bicyclic) bond motifs is 1. The molecule has 7 rings (SSSR count). The van der Waals surface area contributed by atoms with Crippen LogP contribution >= 0.6 is 0 Å². The van der Waals surface area contributed by atoms with Crippen molar-refractivity contribution in [3.05, 3.63) is 35.5 Å². The quantitative estimate of drug-likeness (QED) is 0.572. The lowest BCUT2D eigenvalue weighted by Crippen LogP contribution is -2.55. The van der Waals surface area contributed by atoms with Gasteiger partial charge < -0.3 is 9.84 Å². The van der Waals surface area contributed by atoms with Crippen LogP contribution in [0.5, 0.6) is 0 Å². The Hall–Kier alpha value is -2.30. The van der Waals surface area contributed by atoms with E-state index in [9.17, 15) is 0 Å². The van der Waals surface area contributed by atoms with Crippen molar-refractivity contribution in [2.45, 2.75) is 77.7 Å². The number of rotatable bonds is 5. The van der Waals surface area contributed by atoms with Gasteiger partial charge in [-0.2, -0.15) is 0 Å². The lowest BCUT2D eigenvalue weighted by atomic mass is 9.53. The van der Waals surface area contributed by atoms with Gasteiger partial charge in [-0.15, -0.1) is 0 Å². The average Bonchev–Trinajstić information content (AvgIpc) is 3.19. The van der Waals surface area contributed by atoms with E-state index in [0.717, 1.165) is 58.8 Å². The minimum Gasteiger partial charge on any atom is -0.364 e. The molecule has 1 N–H and O–H groups in total. The summed E-state index contributed by atoms with van der Waals surface area (Å²) in [7, 11) is 0. The molecule has 3 aromatic rings. The molecule has 4 aliphatic carbocycles. The lowest BCUT2D eigenvalue weighted by Gasteiger charge is -2.57. The number of aryl methyl sites for hydroxylation is 3. The van der Waals surface area contributed by atoms with E-state index in [-0.39, 0.29) is 5.54 Å². The van der Waals surface area contributed by atoms with Gasteiger partial charge in [-0.25, -0.2) is 4.98 Å². The molecule has 5 heteroatoms. The van der Waals surface area contributed by atoms with E-state index in [2.05, 4.69) is 40.1 Å². The van der Waals surface area contributed by atoms with Gasteiger partial charge in [0.25, 0.3) is 0 Å². The van der Waals surface area contributed by atoms with Gasteiger partial charge in [-0.3, -0.25) is 4.40 Å². The van der Waals surface area contributed by atoms with Crippen molar-refractivity contribution in [2.24, 2.45) is 17.8 Å². The fraction of sp³-hybridized carbons (Fsp3) is 0.600. The van der Waals surface area contributed by atoms with Crippen molar-refractivity contribution in [1.82, 2.24) is 14.5 Å². The molecule has 0 unspecified atom stereocenters. The van der Waals surface area contributed by atoms with Crippen molar-refractivity contribution in [1.29, 1.82) is 0 Å². The van der Waals surface area contributed by atoms with Crippen LogP contribution in [0.25, 0.3) is 16.8 Å². The summed E-state index contributed by atoms with van der Waals surface area (Å²) in [5, 5.41) is 8.24. The second-order valence-electron chi connectivity index (χ2n) is 10.3. The van der Waals surface area contributed by atoms with Crippen LogP contribution in [0.4, 0.5) is 5.82 Å². The smallest absolute Gasteiger partial charge is 0.141 e. The number of hydrogen-bond donors (Lipinski definition) is 1. The third-order valence-corrected chi connectivity index (χ3v) is 7.93. The van der Waals surface area contributed by atoms with E-state index in [4.69, 9.17) is 9.51 Å². The Morgan fingerprint density at radius 2 is 1.83 bits per heavy atom. The number of hydrogen-bond acceptors (Lipinski definition) is 4. The first-order valence-electron chi connectivity index (χ1n) is 11.8. The van der Waals surface area contributed by atoms with Gasteiger partial charge in [0.05, 0.1) is 11.4 Å². The molecule has 0 saturated heterocycles. The zero-order valence-corrected chi connectivity index (χ0v) is 18.4. The highest BCUT2D eigenvalue weighted by molar-refractivity contribution is 5.72. The second kappa shape index (κ2) is 6.60. The van der Waals surface area contributed by atoms with E-state index >= 15 is 0 Å². The Balaban J connectivity index is 1.41. The fourth-order valence-corrected chi connectivity index (χ4v) is 7.20. The number of imidazole rings is 1. The molecule has 0 amide bonds. The summed E-state index contributed by atoms with van der Waals surface area (Å²) in [6.45, 7) is 6.23. The Morgan fingerprint density at radius 3 is 2.43 bits per heavy atom. The van der Waals surface area contributed by atoms with Crippen molar-refractivity contribution in [3.63, 3.8) is 0 Å². The molecule has 0 spiro atoms.